The molecule has 0 aliphatic heterocycles. The number of rotatable bonds is 5. The van der Waals surface area contributed by atoms with Gasteiger partial charge < -0.3 is 4.74 Å². The Hall–Kier alpha value is -2.14. The minimum Gasteiger partial charge on any atom is -0.439 e. The van der Waals surface area contributed by atoms with Gasteiger partial charge in [0, 0.05) is 11.8 Å². The first-order valence-corrected chi connectivity index (χ1v) is 6.30. The van der Waals surface area contributed by atoms with Crippen LogP contribution < -0.4 is 16.0 Å². The van der Waals surface area contributed by atoms with E-state index in [-0.39, 0.29) is 0 Å². The van der Waals surface area contributed by atoms with Gasteiger partial charge >= 0.3 is 0 Å². The zero-order valence-corrected chi connectivity index (χ0v) is 11.2. The van der Waals surface area contributed by atoms with Crippen LogP contribution in [0.25, 0.3) is 0 Å². The summed E-state index contributed by atoms with van der Waals surface area (Å²) in [5, 5.41) is 0. The average molecular weight is 258 g/mol. The molecule has 0 saturated heterocycles. The minimum absolute atomic E-state index is 0.336. The molecule has 0 aliphatic rings. The highest BCUT2D eigenvalue weighted by molar-refractivity contribution is 5.36. The van der Waals surface area contributed by atoms with E-state index in [1.807, 2.05) is 19.1 Å². The molecule has 2 rings (SSSR count). The predicted molar refractivity (Wildman–Crippen MR) is 75.1 cm³/mol. The summed E-state index contributed by atoms with van der Waals surface area (Å²) >= 11 is 0. The van der Waals surface area contributed by atoms with Crippen molar-refractivity contribution in [2.75, 3.05) is 5.43 Å². The van der Waals surface area contributed by atoms with Crippen molar-refractivity contribution in [3.8, 4) is 11.6 Å². The Bertz CT molecular complexity index is 540. The Morgan fingerprint density at radius 3 is 2.63 bits per heavy atom. The second-order valence-electron chi connectivity index (χ2n) is 4.32. The zero-order chi connectivity index (χ0) is 13.7. The molecule has 1 heterocycles. The Labute approximate surface area is 112 Å². The first-order valence-electron chi connectivity index (χ1n) is 6.30. The number of nitrogens with two attached hydrogens (primary N) is 1. The molecule has 0 fully saturated rings. The first kappa shape index (κ1) is 13.3. The highest BCUT2D eigenvalue weighted by atomic mass is 16.5. The number of hydrogen-bond acceptors (Lipinski definition) is 5. The molecule has 0 saturated carbocycles. The van der Waals surface area contributed by atoms with Crippen LogP contribution in [-0.4, -0.2) is 9.97 Å². The lowest BCUT2D eigenvalue weighted by molar-refractivity contribution is 0.458. The lowest BCUT2D eigenvalue weighted by atomic mass is 10.1. The molecular formula is C14H18N4O. The van der Waals surface area contributed by atoms with E-state index in [4.69, 9.17) is 10.6 Å². The number of hydrazine groups is 1. The number of nitrogen functional groups attached to an aromatic ring is 1. The van der Waals surface area contributed by atoms with Crippen LogP contribution in [0.5, 0.6) is 11.6 Å². The molecule has 5 nitrogen and oxygen atoms in total. The average Bonchev–Trinajstić information content (AvgIpc) is 2.44. The summed E-state index contributed by atoms with van der Waals surface area (Å²) in [4.78, 5) is 8.19. The Balaban J connectivity index is 2.16. The van der Waals surface area contributed by atoms with Gasteiger partial charge in [0.2, 0.25) is 11.8 Å². The van der Waals surface area contributed by atoms with E-state index in [0.29, 0.717) is 11.8 Å². The molecule has 0 atom stereocenters. The molecule has 100 valence electrons. The molecule has 0 unspecified atom stereocenters. The van der Waals surface area contributed by atoms with Crippen LogP contribution in [0.1, 0.15) is 24.5 Å². The molecule has 1 aromatic carbocycles. The molecule has 0 radical (unpaired) electrons. The Morgan fingerprint density at radius 2 is 2.00 bits per heavy atom. The quantitative estimate of drug-likeness (QED) is 0.637. The maximum absolute atomic E-state index is 5.74. The molecule has 0 bridgehead atoms. The van der Waals surface area contributed by atoms with Gasteiger partial charge in [-0.05, 0) is 31.0 Å². The van der Waals surface area contributed by atoms with Crippen LogP contribution in [0.15, 0.2) is 30.5 Å². The summed E-state index contributed by atoms with van der Waals surface area (Å²) < 4.78 is 5.74. The molecule has 3 N–H and O–H groups in total. The predicted octanol–water partition coefficient (Wildman–Crippen LogP) is 2.82. The van der Waals surface area contributed by atoms with E-state index in [0.717, 1.165) is 24.2 Å². The number of benzene rings is 1. The Morgan fingerprint density at radius 1 is 1.26 bits per heavy atom. The summed E-state index contributed by atoms with van der Waals surface area (Å²) in [6.07, 6.45) is 3.88. The molecule has 5 heteroatoms. The van der Waals surface area contributed by atoms with Crippen LogP contribution in [0.3, 0.4) is 0 Å². The van der Waals surface area contributed by atoms with Crippen molar-refractivity contribution < 1.29 is 4.74 Å². The van der Waals surface area contributed by atoms with Gasteiger partial charge in [0.25, 0.3) is 0 Å². The molecular weight excluding hydrogens is 240 g/mol. The van der Waals surface area contributed by atoms with Crippen LogP contribution in [-0.2, 0) is 6.42 Å². The van der Waals surface area contributed by atoms with Gasteiger partial charge in [-0.1, -0.05) is 25.5 Å². The second-order valence-corrected chi connectivity index (χ2v) is 4.32. The third kappa shape index (κ3) is 3.42. The standard InChI is InChI=1S/C14H18N4O/c1-3-4-11-5-7-12(8-6-11)19-13-10(2)9-16-14(17-13)18-15/h5-9H,3-4,15H2,1-2H3,(H,16,17,18). The van der Waals surface area contributed by atoms with Gasteiger partial charge in [-0.25, -0.2) is 10.8 Å². The number of anilines is 1. The molecule has 0 spiro atoms. The smallest absolute Gasteiger partial charge is 0.240 e. The second kappa shape index (κ2) is 6.15. The van der Waals surface area contributed by atoms with Gasteiger partial charge in [-0.3, -0.25) is 5.43 Å². The van der Waals surface area contributed by atoms with E-state index in [1.54, 1.807) is 6.20 Å². The normalized spacial score (nSPS) is 10.3. The van der Waals surface area contributed by atoms with Gasteiger partial charge in [0.1, 0.15) is 5.75 Å². The van der Waals surface area contributed by atoms with Crippen molar-refractivity contribution in [2.45, 2.75) is 26.7 Å². The number of aromatic nitrogens is 2. The number of hydrogen-bond donors (Lipinski definition) is 2. The summed E-state index contributed by atoms with van der Waals surface area (Å²) in [7, 11) is 0. The SMILES string of the molecule is CCCc1ccc(Oc2nc(NN)ncc2C)cc1. The van der Waals surface area contributed by atoms with Crippen LogP contribution >= 0.6 is 0 Å². The van der Waals surface area contributed by atoms with Crippen LogP contribution in [0.4, 0.5) is 5.95 Å². The lowest BCUT2D eigenvalue weighted by Gasteiger charge is -2.09. The molecule has 1 aromatic heterocycles. The van der Waals surface area contributed by atoms with Crippen LogP contribution in [0, 0.1) is 6.92 Å². The monoisotopic (exact) mass is 258 g/mol. The molecule has 0 aliphatic carbocycles. The maximum Gasteiger partial charge on any atom is 0.240 e. The van der Waals surface area contributed by atoms with Crippen molar-refractivity contribution in [1.82, 2.24) is 9.97 Å². The Kier molecular flexibility index (Phi) is 4.30. The van der Waals surface area contributed by atoms with Gasteiger partial charge in [0.15, 0.2) is 0 Å². The highest BCUT2D eigenvalue weighted by Gasteiger charge is 2.05. The molecule has 2 aromatic rings. The lowest BCUT2D eigenvalue weighted by Crippen LogP contribution is -2.11. The summed E-state index contributed by atoms with van der Waals surface area (Å²) in [5.74, 6) is 6.88. The first-order chi connectivity index (χ1) is 9.22. The number of nitrogens with one attached hydrogen (secondary N) is 1. The summed E-state index contributed by atoms with van der Waals surface area (Å²) in [5.41, 5.74) is 4.57. The highest BCUT2D eigenvalue weighted by Crippen LogP contribution is 2.23. The topological polar surface area (TPSA) is 73.1 Å². The van der Waals surface area contributed by atoms with Crippen molar-refractivity contribution in [3.05, 3.63) is 41.6 Å². The summed E-state index contributed by atoms with van der Waals surface area (Å²) in [6, 6.07) is 8.03. The minimum atomic E-state index is 0.336. The van der Waals surface area contributed by atoms with Gasteiger partial charge in [0.05, 0.1) is 0 Å². The summed E-state index contributed by atoms with van der Waals surface area (Å²) in [6.45, 7) is 4.05. The maximum atomic E-state index is 5.74. The van der Waals surface area contributed by atoms with E-state index >= 15 is 0 Å². The van der Waals surface area contributed by atoms with Gasteiger partial charge in [-0.2, -0.15) is 4.98 Å². The zero-order valence-electron chi connectivity index (χ0n) is 11.2. The van der Waals surface area contributed by atoms with Crippen molar-refractivity contribution in [1.29, 1.82) is 0 Å². The van der Waals surface area contributed by atoms with Crippen molar-refractivity contribution in [3.63, 3.8) is 0 Å². The third-order valence-corrected chi connectivity index (χ3v) is 2.73. The molecule has 19 heavy (non-hydrogen) atoms. The van der Waals surface area contributed by atoms with Crippen molar-refractivity contribution >= 4 is 5.95 Å². The van der Waals surface area contributed by atoms with E-state index < -0.39 is 0 Å². The fraction of sp³-hybridized carbons (Fsp3) is 0.286. The van der Waals surface area contributed by atoms with Gasteiger partial charge in [-0.15, -0.1) is 0 Å². The fourth-order valence-corrected chi connectivity index (χ4v) is 1.72. The van der Waals surface area contributed by atoms with Crippen molar-refractivity contribution in [2.24, 2.45) is 5.84 Å². The number of nitrogens with zero attached hydrogens (tertiary/aromatic N) is 2. The van der Waals surface area contributed by atoms with E-state index in [1.165, 1.54) is 5.56 Å². The number of aryl methyl sites for hydroxylation is 2. The molecule has 0 amide bonds. The number of ether oxygens (including phenoxy) is 1. The van der Waals surface area contributed by atoms with E-state index in [9.17, 15) is 0 Å². The largest absolute Gasteiger partial charge is 0.439 e. The fourth-order valence-electron chi connectivity index (χ4n) is 1.72. The van der Waals surface area contributed by atoms with E-state index in [2.05, 4.69) is 34.5 Å². The van der Waals surface area contributed by atoms with Crippen LogP contribution in [0.2, 0.25) is 0 Å². The third-order valence-electron chi connectivity index (χ3n) is 2.73.